The quantitative estimate of drug-likeness (QED) is 0.860. The molecule has 0 radical (unpaired) electrons. The highest BCUT2D eigenvalue weighted by molar-refractivity contribution is 9.10. The Kier molecular flexibility index (Phi) is 4.41. The minimum Gasteiger partial charge on any atom is -0.492 e. The van der Waals surface area contributed by atoms with Gasteiger partial charge in [0, 0.05) is 13.2 Å². The standard InChI is InChI=1S/C13H14BrNO2/c14-12-7-11(8-15)1-2-13(12)17-9-10-3-5-16-6-4-10/h1-2,7,10H,3-6,9H2. The van der Waals surface area contributed by atoms with Crippen LogP contribution in [0.25, 0.3) is 0 Å². The maximum atomic E-state index is 8.76. The second-order valence-corrected chi connectivity index (χ2v) is 4.98. The van der Waals surface area contributed by atoms with Crippen molar-refractivity contribution in [2.75, 3.05) is 19.8 Å². The van der Waals surface area contributed by atoms with Crippen molar-refractivity contribution >= 4 is 15.9 Å². The molecule has 1 aromatic rings. The zero-order valence-corrected chi connectivity index (χ0v) is 11.1. The average molecular weight is 296 g/mol. The first-order valence-corrected chi connectivity index (χ1v) is 6.49. The van der Waals surface area contributed by atoms with Gasteiger partial charge in [0.25, 0.3) is 0 Å². The summed E-state index contributed by atoms with van der Waals surface area (Å²) >= 11 is 3.41. The van der Waals surface area contributed by atoms with Crippen LogP contribution in [0.2, 0.25) is 0 Å². The van der Waals surface area contributed by atoms with Crippen LogP contribution in [0, 0.1) is 17.2 Å². The lowest BCUT2D eigenvalue weighted by atomic mass is 10.0. The lowest BCUT2D eigenvalue weighted by molar-refractivity contribution is 0.0496. The molecule has 0 bridgehead atoms. The summed E-state index contributed by atoms with van der Waals surface area (Å²) in [5.41, 5.74) is 0.635. The van der Waals surface area contributed by atoms with Gasteiger partial charge < -0.3 is 9.47 Å². The van der Waals surface area contributed by atoms with Gasteiger partial charge in [-0.05, 0) is 52.9 Å². The van der Waals surface area contributed by atoms with Gasteiger partial charge in [0.2, 0.25) is 0 Å². The fraction of sp³-hybridized carbons (Fsp3) is 0.462. The summed E-state index contributed by atoms with van der Waals surface area (Å²) < 4.78 is 11.9. The van der Waals surface area contributed by atoms with Crippen LogP contribution in [0.3, 0.4) is 0 Å². The van der Waals surface area contributed by atoms with E-state index < -0.39 is 0 Å². The molecule has 1 aromatic carbocycles. The molecule has 2 rings (SSSR count). The van der Waals surface area contributed by atoms with Crippen molar-refractivity contribution in [1.29, 1.82) is 5.26 Å². The fourth-order valence-electron chi connectivity index (χ4n) is 1.81. The summed E-state index contributed by atoms with van der Waals surface area (Å²) in [6.07, 6.45) is 2.13. The van der Waals surface area contributed by atoms with E-state index in [0.717, 1.165) is 36.3 Å². The molecule has 1 aliphatic rings. The van der Waals surface area contributed by atoms with Gasteiger partial charge in [0.15, 0.2) is 0 Å². The van der Waals surface area contributed by atoms with Gasteiger partial charge in [0.1, 0.15) is 5.75 Å². The van der Waals surface area contributed by atoms with Crippen LogP contribution in [0.15, 0.2) is 22.7 Å². The minimum absolute atomic E-state index is 0.575. The predicted octanol–water partition coefficient (Wildman–Crippen LogP) is 3.13. The maximum Gasteiger partial charge on any atom is 0.133 e. The molecule has 90 valence electrons. The summed E-state index contributed by atoms with van der Waals surface area (Å²) in [6.45, 7) is 2.39. The number of halogens is 1. The maximum absolute atomic E-state index is 8.76. The normalized spacial score (nSPS) is 16.5. The number of nitriles is 1. The highest BCUT2D eigenvalue weighted by atomic mass is 79.9. The molecule has 0 amide bonds. The molecule has 1 fully saturated rings. The summed E-state index contributed by atoms with van der Waals surface area (Å²) in [4.78, 5) is 0. The Bertz CT molecular complexity index is 422. The van der Waals surface area contributed by atoms with E-state index in [9.17, 15) is 0 Å². The van der Waals surface area contributed by atoms with Crippen LogP contribution in [0.1, 0.15) is 18.4 Å². The van der Waals surface area contributed by atoms with E-state index in [1.54, 1.807) is 12.1 Å². The first-order valence-electron chi connectivity index (χ1n) is 5.70. The number of hydrogen-bond acceptors (Lipinski definition) is 3. The molecule has 3 nitrogen and oxygen atoms in total. The largest absolute Gasteiger partial charge is 0.492 e. The Labute approximate surface area is 109 Å². The Balaban J connectivity index is 1.92. The monoisotopic (exact) mass is 295 g/mol. The van der Waals surface area contributed by atoms with E-state index in [-0.39, 0.29) is 0 Å². The van der Waals surface area contributed by atoms with Crippen LogP contribution >= 0.6 is 15.9 Å². The second kappa shape index (κ2) is 6.04. The Morgan fingerprint density at radius 3 is 2.82 bits per heavy atom. The lowest BCUT2D eigenvalue weighted by Gasteiger charge is -2.22. The predicted molar refractivity (Wildman–Crippen MR) is 67.9 cm³/mol. The first-order chi connectivity index (χ1) is 8.29. The smallest absolute Gasteiger partial charge is 0.133 e. The van der Waals surface area contributed by atoms with Gasteiger partial charge in [-0.15, -0.1) is 0 Å². The highest BCUT2D eigenvalue weighted by Crippen LogP contribution is 2.27. The van der Waals surface area contributed by atoms with E-state index >= 15 is 0 Å². The Morgan fingerprint density at radius 2 is 2.18 bits per heavy atom. The highest BCUT2D eigenvalue weighted by Gasteiger charge is 2.15. The van der Waals surface area contributed by atoms with Crippen molar-refractivity contribution < 1.29 is 9.47 Å². The summed E-state index contributed by atoms with van der Waals surface area (Å²) in [7, 11) is 0. The van der Waals surface area contributed by atoms with E-state index in [1.165, 1.54) is 0 Å². The third kappa shape index (κ3) is 3.45. The van der Waals surface area contributed by atoms with Crippen LogP contribution in [0.5, 0.6) is 5.75 Å². The van der Waals surface area contributed by atoms with Gasteiger partial charge in [-0.3, -0.25) is 0 Å². The van der Waals surface area contributed by atoms with Gasteiger partial charge in [-0.25, -0.2) is 0 Å². The van der Waals surface area contributed by atoms with Gasteiger partial charge >= 0.3 is 0 Å². The fourth-order valence-corrected chi connectivity index (χ4v) is 2.30. The molecule has 0 N–H and O–H groups in total. The lowest BCUT2D eigenvalue weighted by Crippen LogP contribution is -2.21. The molecule has 0 spiro atoms. The van der Waals surface area contributed by atoms with Crippen molar-refractivity contribution in [3.8, 4) is 11.8 Å². The molecule has 4 heteroatoms. The topological polar surface area (TPSA) is 42.2 Å². The molecule has 1 heterocycles. The van der Waals surface area contributed by atoms with Crippen molar-refractivity contribution in [2.45, 2.75) is 12.8 Å². The van der Waals surface area contributed by atoms with Gasteiger partial charge in [-0.1, -0.05) is 0 Å². The van der Waals surface area contributed by atoms with Crippen LogP contribution in [-0.2, 0) is 4.74 Å². The Hall–Kier alpha value is -1.05. The van der Waals surface area contributed by atoms with Crippen molar-refractivity contribution in [1.82, 2.24) is 0 Å². The third-order valence-corrected chi connectivity index (χ3v) is 3.50. The van der Waals surface area contributed by atoms with Crippen LogP contribution in [0.4, 0.5) is 0 Å². The molecular formula is C13H14BrNO2. The second-order valence-electron chi connectivity index (χ2n) is 4.12. The molecule has 1 aliphatic heterocycles. The molecule has 17 heavy (non-hydrogen) atoms. The molecule has 0 aromatic heterocycles. The Morgan fingerprint density at radius 1 is 1.41 bits per heavy atom. The van der Waals surface area contributed by atoms with Crippen molar-refractivity contribution in [3.63, 3.8) is 0 Å². The van der Waals surface area contributed by atoms with E-state index in [1.807, 2.05) is 6.07 Å². The number of ether oxygens (including phenoxy) is 2. The van der Waals surface area contributed by atoms with Crippen LogP contribution in [-0.4, -0.2) is 19.8 Å². The van der Waals surface area contributed by atoms with Crippen LogP contribution < -0.4 is 4.74 Å². The average Bonchev–Trinajstić information content (AvgIpc) is 2.38. The molecule has 1 saturated heterocycles. The van der Waals surface area contributed by atoms with Crippen molar-refractivity contribution in [3.05, 3.63) is 28.2 Å². The molecule has 0 saturated carbocycles. The number of benzene rings is 1. The minimum atomic E-state index is 0.575. The first kappa shape index (κ1) is 12.4. The summed E-state index contributed by atoms with van der Waals surface area (Å²) in [5.74, 6) is 1.38. The van der Waals surface area contributed by atoms with E-state index in [0.29, 0.717) is 18.1 Å². The zero-order valence-electron chi connectivity index (χ0n) is 9.49. The number of hydrogen-bond donors (Lipinski definition) is 0. The SMILES string of the molecule is N#Cc1ccc(OCC2CCOCC2)c(Br)c1. The van der Waals surface area contributed by atoms with E-state index in [4.69, 9.17) is 14.7 Å². The molecule has 0 atom stereocenters. The molecule has 0 unspecified atom stereocenters. The number of rotatable bonds is 3. The summed E-state index contributed by atoms with van der Waals surface area (Å²) in [6, 6.07) is 7.48. The molecular weight excluding hydrogens is 282 g/mol. The van der Waals surface area contributed by atoms with Crippen molar-refractivity contribution in [2.24, 2.45) is 5.92 Å². The van der Waals surface area contributed by atoms with Gasteiger partial charge in [-0.2, -0.15) is 5.26 Å². The molecule has 0 aliphatic carbocycles. The third-order valence-electron chi connectivity index (χ3n) is 2.88. The van der Waals surface area contributed by atoms with E-state index in [2.05, 4.69) is 22.0 Å². The van der Waals surface area contributed by atoms with Gasteiger partial charge in [0.05, 0.1) is 22.7 Å². The number of nitrogens with zero attached hydrogens (tertiary/aromatic N) is 1. The zero-order chi connectivity index (χ0) is 12.1. The summed E-state index contributed by atoms with van der Waals surface area (Å²) in [5, 5.41) is 8.76.